The number of hydrogen-bond donors (Lipinski definition) is 1. The molecule has 88 valence electrons. The molecule has 0 aromatic rings. The highest BCUT2D eigenvalue weighted by molar-refractivity contribution is 4.73. The van der Waals surface area contributed by atoms with Crippen LogP contribution in [0.5, 0.6) is 0 Å². The maximum atomic E-state index is 6.04. The predicted molar refractivity (Wildman–Crippen MR) is 63.1 cm³/mol. The summed E-state index contributed by atoms with van der Waals surface area (Å²) in [7, 11) is 0. The van der Waals surface area contributed by atoms with Crippen LogP contribution < -0.4 is 5.32 Å². The summed E-state index contributed by atoms with van der Waals surface area (Å²) in [5.41, 5.74) is 0. The Hall–Kier alpha value is -0.0800. The van der Waals surface area contributed by atoms with Gasteiger partial charge in [0, 0.05) is 6.04 Å². The van der Waals surface area contributed by atoms with Gasteiger partial charge in [-0.2, -0.15) is 0 Å². The van der Waals surface area contributed by atoms with Crippen LogP contribution in [0.4, 0.5) is 0 Å². The highest BCUT2D eigenvalue weighted by Gasteiger charge is 2.17. The van der Waals surface area contributed by atoms with Crippen LogP contribution in [0.3, 0.4) is 0 Å². The van der Waals surface area contributed by atoms with Crippen molar-refractivity contribution in [2.75, 3.05) is 13.2 Å². The van der Waals surface area contributed by atoms with Gasteiger partial charge in [-0.3, -0.25) is 0 Å². The summed E-state index contributed by atoms with van der Waals surface area (Å²) in [5, 5.41) is 3.55. The van der Waals surface area contributed by atoms with Gasteiger partial charge in [0.15, 0.2) is 0 Å². The van der Waals surface area contributed by atoms with E-state index in [1.165, 1.54) is 64.3 Å². The van der Waals surface area contributed by atoms with E-state index >= 15 is 0 Å². The van der Waals surface area contributed by atoms with E-state index in [1.54, 1.807) is 0 Å². The quantitative estimate of drug-likeness (QED) is 0.725. The zero-order chi connectivity index (χ0) is 10.3. The molecule has 1 heterocycles. The normalized spacial score (nSPS) is 30.0. The van der Waals surface area contributed by atoms with E-state index in [0.717, 1.165) is 6.61 Å². The van der Waals surface area contributed by atoms with E-state index in [4.69, 9.17) is 4.74 Å². The van der Waals surface area contributed by atoms with Crippen LogP contribution in [0, 0.1) is 0 Å². The lowest BCUT2D eigenvalue weighted by Crippen LogP contribution is -2.38. The lowest BCUT2D eigenvalue weighted by atomic mass is 10.1. The molecule has 2 nitrogen and oxygen atoms in total. The molecular formula is C13H25NO. The van der Waals surface area contributed by atoms with Crippen molar-refractivity contribution in [3.63, 3.8) is 0 Å². The minimum atomic E-state index is 0.566. The van der Waals surface area contributed by atoms with E-state index in [-0.39, 0.29) is 0 Å². The van der Waals surface area contributed by atoms with Crippen LogP contribution in [0.15, 0.2) is 0 Å². The van der Waals surface area contributed by atoms with Crippen LogP contribution >= 0.6 is 0 Å². The lowest BCUT2D eigenvalue weighted by Gasteiger charge is -2.25. The van der Waals surface area contributed by atoms with E-state index in [9.17, 15) is 0 Å². The van der Waals surface area contributed by atoms with Gasteiger partial charge in [0.25, 0.3) is 0 Å². The fourth-order valence-corrected chi connectivity index (χ4v) is 2.73. The number of ether oxygens (including phenoxy) is 1. The Labute approximate surface area is 93.8 Å². The summed E-state index contributed by atoms with van der Waals surface area (Å²) >= 11 is 0. The third-order valence-corrected chi connectivity index (χ3v) is 3.75. The largest absolute Gasteiger partial charge is 0.377 e. The summed E-state index contributed by atoms with van der Waals surface area (Å²) in [5.74, 6) is 0. The second kappa shape index (κ2) is 6.49. The van der Waals surface area contributed by atoms with Crippen LogP contribution in [-0.4, -0.2) is 25.3 Å². The standard InChI is InChI=1S/C13H25NO/c1-2-4-9-13(8-3-1)15-11-12-7-5-6-10-14-12/h12-14H,1-11H2. The van der Waals surface area contributed by atoms with Crippen molar-refractivity contribution in [3.8, 4) is 0 Å². The SMILES string of the molecule is C1CCCC(OCC2CCCCN2)CC1. The maximum Gasteiger partial charge on any atom is 0.0623 e. The predicted octanol–water partition coefficient (Wildman–Crippen LogP) is 2.87. The monoisotopic (exact) mass is 211 g/mol. The second-order valence-corrected chi connectivity index (χ2v) is 5.09. The van der Waals surface area contributed by atoms with E-state index in [0.29, 0.717) is 12.1 Å². The first kappa shape index (κ1) is 11.4. The van der Waals surface area contributed by atoms with Crippen LogP contribution in [0.1, 0.15) is 57.8 Å². The van der Waals surface area contributed by atoms with Crippen molar-refractivity contribution in [2.45, 2.75) is 69.9 Å². The highest BCUT2D eigenvalue weighted by atomic mass is 16.5. The fraction of sp³-hybridized carbons (Fsp3) is 1.00. The van der Waals surface area contributed by atoms with Gasteiger partial charge in [-0.05, 0) is 32.2 Å². The Morgan fingerprint density at radius 1 is 0.867 bits per heavy atom. The zero-order valence-corrected chi connectivity index (χ0v) is 9.84. The molecule has 1 saturated heterocycles. The summed E-state index contributed by atoms with van der Waals surface area (Å²) in [4.78, 5) is 0. The van der Waals surface area contributed by atoms with Gasteiger partial charge in [-0.1, -0.05) is 32.1 Å². The average molecular weight is 211 g/mol. The molecule has 2 aliphatic rings. The van der Waals surface area contributed by atoms with E-state index < -0.39 is 0 Å². The van der Waals surface area contributed by atoms with Gasteiger partial charge in [0.1, 0.15) is 0 Å². The van der Waals surface area contributed by atoms with Crippen LogP contribution in [0.25, 0.3) is 0 Å². The molecule has 15 heavy (non-hydrogen) atoms. The van der Waals surface area contributed by atoms with Crippen LogP contribution in [-0.2, 0) is 4.74 Å². The molecular weight excluding hydrogens is 186 g/mol. The van der Waals surface area contributed by atoms with Crippen molar-refractivity contribution < 1.29 is 4.74 Å². The Morgan fingerprint density at radius 2 is 1.60 bits per heavy atom. The molecule has 0 bridgehead atoms. The molecule has 2 rings (SSSR count). The molecule has 1 saturated carbocycles. The summed E-state index contributed by atoms with van der Waals surface area (Å²) in [6.07, 6.45) is 12.8. The maximum absolute atomic E-state index is 6.04. The topological polar surface area (TPSA) is 21.3 Å². The third-order valence-electron chi connectivity index (χ3n) is 3.75. The first-order chi connectivity index (χ1) is 7.45. The second-order valence-electron chi connectivity index (χ2n) is 5.09. The molecule has 2 heteroatoms. The van der Waals surface area contributed by atoms with Gasteiger partial charge < -0.3 is 10.1 Å². The molecule has 0 aromatic heterocycles. The zero-order valence-electron chi connectivity index (χ0n) is 9.84. The fourth-order valence-electron chi connectivity index (χ4n) is 2.73. The summed E-state index contributed by atoms with van der Waals surface area (Å²) in [6.45, 7) is 2.14. The number of nitrogens with one attached hydrogen (secondary N) is 1. The summed E-state index contributed by atoms with van der Waals surface area (Å²) < 4.78 is 6.04. The summed E-state index contributed by atoms with van der Waals surface area (Å²) in [6, 6.07) is 0.641. The molecule has 0 aromatic carbocycles. The van der Waals surface area contributed by atoms with Crippen molar-refractivity contribution >= 4 is 0 Å². The minimum absolute atomic E-state index is 0.566. The third kappa shape index (κ3) is 4.12. The Bertz CT molecular complexity index is 158. The first-order valence-electron chi connectivity index (χ1n) is 6.80. The van der Waals surface area contributed by atoms with Crippen molar-refractivity contribution in [2.24, 2.45) is 0 Å². The van der Waals surface area contributed by atoms with E-state index in [2.05, 4.69) is 5.32 Å². The molecule has 1 N–H and O–H groups in total. The molecule has 2 fully saturated rings. The molecule has 0 amide bonds. The molecule has 1 atom stereocenters. The Morgan fingerprint density at radius 3 is 2.27 bits per heavy atom. The highest BCUT2D eigenvalue weighted by Crippen LogP contribution is 2.20. The van der Waals surface area contributed by atoms with Gasteiger partial charge in [-0.15, -0.1) is 0 Å². The number of piperidine rings is 1. The van der Waals surface area contributed by atoms with Gasteiger partial charge in [0.2, 0.25) is 0 Å². The van der Waals surface area contributed by atoms with Crippen LogP contribution in [0.2, 0.25) is 0 Å². The molecule has 0 radical (unpaired) electrons. The number of hydrogen-bond acceptors (Lipinski definition) is 2. The van der Waals surface area contributed by atoms with Crippen molar-refractivity contribution in [3.05, 3.63) is 0 Å². The molecule has 1 aliphatic heterocycles. The van der Waals surface area contributed by atoms with E-state index in [1.807, 2.05) is 0 Å². The minimum Gasteiger partial charge on any atom is -0.377 e. The van der Waals surface area contributed by atoms with Crippen molar-refractivity contribution in [1.29, 1.82) is 0 Å². The molecule has 1 aliphatic carbocycles. The molecule has 1 unspecified atom stereocenters. The van der Waals surface area contributed by atoms with Gasteiger partial charge in [0.05, 0.1) is 12.7 Å². The van der Waals surface area contributed by atoms with Crippen molar-refractivity contribution in [1.82, 2.24) is 5.32 Å². The Kier molecular flexibility index (Phi) is 4.94. The first-order valence-corrected chi connectivity index (χ1v) is 6.80. The average Bonchev–Trinajstić information content (AvgIpc) is 2.56. The number of rotatable bonds is 3. The Balaban J connectivity index is 1.62. The lowest BCUT2D eigenvalue weighted by molar-refractivity contribution is 0.0250. The van der Waals surface area contributed by atoms with Gasteiger partial charge in [-0.25, -0.2) is 0 Å². The van der Waals surface area contributed by atoms with Gasteiger partial charge >= 0.3 is 0 Å². The smallest absolute Gasteiger partial charge is 0.0623 e. The molecule has 0 spiro atoms.